The Morgan fingerprint density at radius 3 is 2.61 bits per heavy atom. The molecule has 0 N–H and O–H groups in total. The highest BCUT2D eigenvalue weighted by Crippen LogP contribution is 2.19. The molecule has 0 saturated heterocycles. The molecule has 23 heavy (non-hydrogen) atoms. The molecule has 2 aromatic carbocycles. The van der Waals surface area contributed by atoms with Crippen LogP contribution in [-0.2, 0) is 0 Å². The molecule has 3 heteroatoms. The molecule has 0 aliphatic heterocycles. The van der Waals surface area contributed by atoms with E-state index in [2.05, 4.69) is 11.9 Å². The van der Waals surface area contributed by atoms with E-state index in [0.717, 1.165) is 28.1 Å². The standard InChI is InChI=1S/C20H21ClFN/c1-4-12-23-19(20-15(3)6-5-7-18(20)22)11-10-16-9-8-14(2)17(21)13-16/h5-11,13H,4,12H2,1-3H3/b11-10+,23-19?. The van der Waals surface area contributed by atoms with Gasteiger partial charge in [-0.25, -0.2) is 4.39 Å². The Hall–Kier alpha value is -1.93. The molecule has 0 spiro atoms. The van der Waals surface area contributed by atoms with Gasteiger partial charge in [0.25, 0.3) is 0 Å². The van der Waals surface area contributed by atoms with Crippen LogP contribution < -0.4 is 0 Å². The maximum Gasteiger partial charge on any atom is 0.132 e. The van der Waals surface area contributed by atoms with Crippen LogP contribution in [0.2, 0.25) is 5.02 Å². The van der Waals surface area contributed by atoms with Gasteiger partial charge < -0.3 is 0 Å². The van der Waals surface area contributed by atoms with Crippen LogP contribution in [-0.4, -0.2) is 12.3 Å². The van der Waals surface area contributed by atoms with Crippen molar-refractivity contribution >= 4 is 23.4 Å². The predicted molar refractivity (Wildman–Crippen MR) is 98.1 cm³/mol. The van der Waals surface area contributed by atoms with Crippen molar-refractivity contribution in [2.24, 2.45) is 4.99 Å². The van der Waals surface area contributed by atoms with Gasteiger partial charge in [-0.15, -0.1) is 0 Å². The highest BCUT2D eigenvalue weighted by Gasteiger charge is 2.10. The molecule has 2 aromatic rings. The number of benzene rings is 2. The lowest BCUT2D eigenvalue weighted by Gasteiger charge is -2.08. The Morgan fingerprint density at radius 2 is 1.96 bits per heavy atom. The molecule has 0 atom stereocenters. The van der Waals surface area contributed by atoms with Crippen LogP contribution >= 0.6 is 11.6 Å². The average Bonchev–Trinajstić information content (AvgIpc) is 2.52. The fourth-order valence-corrected chi connectivity index (χ4v) is 2.48. The topological polar surface area (TPSA) is 12.4 Å². The van der Waals surface area contributed by atoms with Crippen molar-refractivity contribution < 1.29 is 4.39 Å². The monoisotopic (exact) mass is 329 g/mol. The Morgan fingerprint density at radius 1 is 1.17 bits per heavy atom. The van der Waals surface area contributed by atoms with E-state index in [1.54, 1.807) is 6.07 Å². The normalized spacial score (nSPS) is 12.1. The molecule has 1 nitrogen and oxygen atoms in total. The number of hydrogen-bond donors (Lipinski definition) is 0. The summed E-state index contributed by atoms with van der Waals surface area (Å²) in [6, 6.07) is 11.0. The number of rotatable bonds is 5. The van der Waals surface area contributed by atoms with Gasteiger partial charge in [-0.05, 0) is 55.2 Å². The number of hydrogen-bond acceptors (Lipinski definition) is 1. The van der Waals surface area contributed by atoms with Gasteiger partial charge >= 0.3 is 0 Å². The second-order valence-corrected chi connectivity index (χ2v) is 5.95. The predicted octanol–water partition coefficient (Wildman–Crippen LogP) is 6.01. The maximum atomic E-state index is 14.2. The Balaban J connectivity index is 2.40. The minimum Gasteiger partial charge on any atom is -0.285 e. The lowest BCUT2D eigenvalue weighted by Crippen LogP contribution is -2.04. The molecule has 2 rings (SSSR count). The summed E-state index contributed by atoms with van der Waals surface area (Å²) in [5.41, 5.74) is 4.12. The van der Waals surface area contributed by atoms with Crippen LogP contribution in [0.15, 0.2) is 47.5 Å². The fourth-order valence-electron chi connectivity index (χ4n) is 2.29. The second kappa shape index (κ2) is 8.07. The summed E-state index contributed by atoms with van der Waals surface area (Å²) in [5, 5.41) is 0.723. The molecule has 0 radical (unpaired) electrons. The van der Waals surface area contributed by atoms with Crippen LogP contribution in [0.25, 0.3) is 6.08 Å². The molecule has 0 heterocycles. The third-order valence-electron chi connectivity index (χ3n) is 3.61. The first-order chi connectivity index (χ1) is 11.0. The molecule has 0 saturated carbocycles. The average molecular weight is 330 g/mol. The van der Waals surface area contributed by atoms with Gasteiger partial charge in [-0.3, -0.25) is 4.99 Å². The van der Waals surface area contributed by atoms with E-state index >= 15 is 0 Å². The molecular formula is C20H21ClFN. The lowest BCUT2D eigenvalue weighted by molar-refractivity contribution is 0.624. The molecule has 0 fully saturated rings. The smallest absolute Gasteiger partial charge is 0.132 e. The maximum absolute atomic E-state index is 14.2. The minimum atomic E-state index is -0.244. The van der Waals surface area contributed by atoms with Crippen molar-refractivity contribution in [2.75, 3.05) is 6.54 Å². The third kappa shape index (κ3) is 4.52. The van der Waals surface area contributed by atoms with E-state index in [1.165, 1.54) is 6.07 Å². The zero-order valence-corrected chi connectivity index (χ0v) is 14.5. The first kappa shape index (κ1) is 17.4. The summed E-state index contributed by atoms with van der Waals surface area (Å²) in [4.78, 5) is 4.55. The van der Waals surface area contributed by atoms with Crippen LogP contribution in [0.5, 0.6) is 0 Å². The molecule has 0 aliphatic rings. The van der Waals surface area contributed by atoms with Crippen molar-refractivity contribution in [3.05, 3.63) is 75.6 Å². The van der Waals surface area contributed by atoms with Crippen molar-refractivity contribution in [1.29, 1.82) is 0 Å². The third-order valence-corrected chi connectivity index (χ3v) is 4.02. The summed E-state index contributed by atoms with van der Waals surface area (Å²) >= 11 is 6.16. The molecule has 0 unspecified atom stereocenters. The van der Waals surface area contributed by atoms with Crippen molar-refractivity contribution in [1.82, 2.24) is 0 Å². The van der Waals surface area contributed by atoms with Gasteiger partial charge in [-0.2, -0.15) is 0 Å². The highest BCUT2D eigenvalue weighted by atomic mass is 35.5. The minimum absolute atomic E-state index is 0.244. The molecular weight excluding hydrogens is 309 g/mol. The van der Waals surface area contributed by atoms with Gasteiger partial charge in [0.15, 0.2) is 0 Å². The Kier molecular flexibility index (Phi) is 6.12. The Bertz CT molecular complexity index is 727. The van der Waals surface area contributed by atoms with Gasteiger partial charge in [0, 0.05) is 17.1 Å². The highest BCUT2D eigenvalue weighted by molar-refractivity contribution is 6.31. The van der Waals surface area contributed by atoms with Gasteiger partial charge in [-0.1, -0.05) is 48.9 Å². The van der Waals surface area contributed by atoms with Gasteiger partial charge in [0.1, 0.15) is 5.82 Å². The van der Waals surface area contributed by atoms with Crippen LogP contribution in [0.3, 0.4) is 0 Å². The van der Waals surface area contributed by atoms with Crippen LogP contribution in [0, 0.1) is 19.7 Å². The second-order valence-electron chi connectivity index (χ2n) is 5.54. The molecule has 120 valence electrons. The van der Waals surface area contributed by atoms with Crippen molar-refractivity contribution in [3.63, 3.8) is 0 Å². The van der Waals surface area contributed by atoms with E-state index in [9.17, 15) is 4.39 Å². The zero-order chi connectivity index (χ0) is 16.8. The van der Waals surface area contributed by atoms with Crippen LogP contribution in [0.1, 0.15) is 35.6 Å². The SMILES string of the molecule is CCCN=C(/C=C/c1ccc(C)c(Cl)c1)c1c(C)cccc1F. The van der Waals surface area contributed by atoms with Gasteiger partial charge in [0.2, 0.25) is 0 Å². The number of allylic oxidation sites excluding steroid dienone is 1. The largest absolute Gasteiger partial charge is 0.285 e. The van der Waals surface area contributed by atoms with Gasteiger partial charge in [0.05, 0.1) is 5.71 Å². The van der Waals surface area contributed by atoms with E-state index < -0.39 is 0 Å². The van der Waals surface area contributed by atoms with E-state index in [1.807, 2.05) is 50.3 Å². The lowest BCUT2D eigenvalue weighted by atomic mass is 10.0. The van der Waals surface area contributed by atoms with Crippen LogP contribution in [0.4, 0.5) is 4.39 Å². The van der Waals surface area contributed by atoms with Crippen molar-refractivity contribution in [3.8, 4) is 0 Å². The first-order valence-electron chi connectivity index (χ1n) is 7.77. The Labute approximate surface area is 142 Å². The summed E-state index contributed by atoms with van der Waals surface area (Å²) in [5.74, 6) is -0.244. The van der Waals surface area contributed by atoms with E-state index in [-0.39, 0.29) is 5.82 Å². The molecule has 0 amide bonds. The zero-order valence-electron chi connectivity index (χ0n) is 13.7. The molecule has 0 bridgehead atoms. The summed E-state index contributed by atoms with van der Waals surface area (Å²) < 4.78 is 14.2. The molecule has 0 aliphatic carbocycles. The van der Waals surface area contributed by atoms with E-state index in [0.29, 0.717) is 17.8 Å². The first-order valence-corrected chi connectivity index (χ1v) is 8.15. The number of halogens is 2. The van der Waals surface area contributed by atoms with Crippen molar-refractivity contribution in [2.45, 2.75) is 27.2 Å². The van der Waals surface area contributed by atoms with E-state index in [4.69, 9.17) is 11.6 Å². The number of aryl methyl sites for hydroxylation is 2. The summed E-state index contributed by atoms with van der Waals surface area (Å²) in [6.07, 6.45) is 4.70. The number of nitrogens with zero attached hydrogens (tertiary/aromatic N) is 1. The number of aliphatic imine (C=N–C) groups is 1. The quantitative estimate of drug-likeness (QED) is 0.596. The summed E-state index contributed by atoms with van der Waals surface area (Å²) in [7, 11) is 0. The summed E-state index contributed by atoms with van der Waals surface area (Å²) in [6.45, 7) is 6.59. The fraction of sp³-hybridized carbons (Fsp3) is 0.250. The molecule has 0 aromatic heterocycles.